The van der Waals surface area contributed by atoms with Gasteiger partial charge in [-0.3, -0.25) is 4.79 Å². The highest BCUT2D eigenvalue weighted by atomic mass is 19.4. The first-order valence-electron chi connectivity index (χ1n) is 9.67. The molecule has 3 aromatic carbocycles. The molecule has 0 unspecified atom stereocenters. The summed E-state index contributed by atoms with van der Waals surface area (Å²) in [5.41, 5.74) is 0.827. The molecule has 0 radical (unpaired) electrons. The Kier molecular flexibility index (Phi) is 6.71. The first-order chi connectivity index (χ1) is 15.5. The minimum Gasteiger partial charge on any atom is -0.496 e. The van der Waals surface area contributed by atoms with Crippen LogP contribution in [0.5, 0.6) is 5.75 Å². The van der Waals surface area contributed by atoms with Crippen LogP contribution in [0.2, 0.25) is 0 Å². The van der Waals surface area contributed by atoms with Gasteiger partial charge in [0.05, 0.1) is 23.8 Å². The lowest BCUT2D eigenvalue weighted by Gasteiger charge is -2.14. The predicted molar refractivity (Wildman–Crippen MR) is 113 cm³/mol. The molecule has 9 heteroatoms. The highest BCUT2D eigenvalue weighted by Crippen LogP contribution is 2.31. The van der Waals surface area contributed by atoms with Crippen molar-refractivity contribution in [1.82, 2.24) is 5.32 Å². The number of carbonyl (C=O) groups excluding carboxylic acids is 1. The third-order valence-electron chi connectivity index (χ3n) is 5.06. The van der Waals surface area contributed by atoms with Crippen molar-refractivity contribution in [1.29, 1.82) is 0 Å². The molecular weight excluding hydrogens is 442 g/mol. The number of rotatable bonds is 6. The molecule has 172 valence electrons. The lowest BCUT2D eigenvalue weighted by molar-refractivity contribution is -0.137. The number of carboxylic acids is 1. The Morgan fingerprint density at radius 1 is 0.970 bits per heavy atom. The number of halogens is 4. The number of aryl methyl sites for hydroxylation is 1. The maximum Gasteiger partial charge on any atom is 0.416 e. The van der Waals surface area contributed by atoms with E-state index in [4.69, 9.17) is 4.74 Å². The average molecular weight is 461 g/mol. The summed E-state index contributed by atoms with van der Waals surface area (Å²) in [5, 5.41) is 11.8. The largest absolute Gasteiger partial charge is 0.496 e. The number of carbonyl (C=O) groups is 2. The number of ether oxygens (including phenoxy) is 1. The summed E-state index contributed by atoms with van der Waals surface area (Å²) in [5.74, 6) is -2.83. The van der Waals surface area contributed by atoms with Gasteiger partial charge >= 0.3 is 12.1 Å². The number of carboxylic acid groups (broad SMARTS) is 1. The smallest absolute Gasteiger partial charge is 0.416 e. The monoisotopic (exact) mass is 461 g/mol. The first-order valence-corrected chi connectivity index (χ1v) is 9.67. The molecule has 33 heavy (non-hydrogen) atoms. The van der Waals surface area contributed by atoms with Gasteiger partial charge in [0.2, 0.25) is 0 Å². The van der Waals surface area contributed by atoms with Crippen LogP contribution in [0.15, 0.2) is 54.6 Å². The van der Waals surface area contributed by atoms with E-state index in [9.17, 15) is 32.3 Å². The molecule has 0 fully saturated rings. The van der Waals surface area contributed by atoms with E-state index < -0.39 is 35.0 Å². The van der Waals surface area contributed by atoms with Crippen molar-refractivity contribution >= 4 is 11.9 Å². The highest BCUT2D eigenvalue weighted by Gasteiger charge is 2.31. The van der Waals surface area contributed by atoms with Gasteiger partial charge in [-0.1, -0.05) is 18.2 Å². The number of nitrogens with one attached hydrogen (secondary N) is 1. The summed E-state index contributed by atoms with van der Waals surface area (Å²) < 4.78 is 57.5. The minimum atomic E-state index is -4.72. The molecule has 0 aliphatic heterocycles. The molecule has 0 saturated carbocycles. The summed E-state index contributed by atoms with van der Waals surface area (Å²) in [6.45, 7) is 1.58. The molecule has 0 bridgehead atoms. The molecular formula is C24H19F4NO4. The molecule has 3 aromatic rings. The van der Waals surface area contributed by atoms with Gasteiger partial charge in [0.1, 0.15) is 11.6 Å². The van der Waals surface area contributed by atoms with Crippen molar-refractivity contribution in [2.75, 3.05) is 7.11 Å². The molecule has 0 saturated heterocycles. The Morgan fingerprint density at radius 3 is 2.24 bits per heavy atom. The number of aromatic carboxylic acids is 1. The fourth-order valence-corrected chi connectivity index (χ4v) is 3.27. The van der Waals surface area contributed by atoms with Crippen LogP contribution < -0.4 is 10.1 Å². The number of methoxy groups -OCH3 is 1. The van der Waals surface area contributed by atoms with Gasteiger partial charge in [-0.15, -0.1) is 0 Å². The molecule has 0 heterocycles. The van der Waals surface area contributed by atoms with Crippen LogP contribution in [0.4, 0.5) is 17.6 Å². The highest BCUT2D eigenvalue weighted by molar-refractivity contribution is 5.94. The van der Waals surface area contributed by atoms with E-state index in [2.05, 4.69) is 5.32 Å². The van der Waals surface area contributed by atoms with E-state index in [1.165, 1.54) is 13.2 Å². The number of alkyl halides is 3. The fourth-order valence-electron chi connectivity index (χ4n) is 3.27. The van der Waals surface area contributed by atoms with E-state index >= 15 is 0 Å². The SMILES string of the molecule is COc1ccc(-c2ccc(C)c(C(=O)O)c2)cc1CNC(=O)c1ccc(C(F)(F)F)cc1F. The molecule has 0 aromatic heterocycles. The molecule has 2 N–H and O–H groups in total. The van der Waals surface area contributed by atoms with Crippen LogP contribution in [0, 0.1) is 12.7 Å². The van der Waals surface area contributed by atoms with E-state index in [-0.39, 0.29) is 18.2 Å². The van der Waals surface area contributed by atoms with Crippen molar-refractivity contribution in [3.8, 4) is 16.9 Å². The molecule has 0 aliphatic carbocycles. The summed E-state index contributed by atoms with van der Waals surface area (Å²) in [6, 6.07) is 11.7. The zero-order valence-corrected chi connectivity index (χ0v) is 17.6. The third-order valence-corrected chi connectivity index (χ3v) is 5.06. The van der Waals surface area contributed by atoms with E-state index in [0.717, 1.165) is 6.07 Å². The molecule has 0 spiro atoms. The Hall–Kier alpha value is -3.88. The summed E-state index contributed by atoms with van der Waals surface area (Å²) in [7, 11) is 1.42. The van der Waals surface area contributed by atoms with Crippen LogP contribution in [0.1, 0.15) is 37.4 Å². The summed E-state index contributed by atoms with van der Waals surface area (Å²) >= 11 is 0. The Balaban J connectivity index is 1.85. The lowest BCUT2D eigenvalue weighted by Crippen LogP contribution is -2.24. The Bertz CT molecular complexity index is 1220. The van der Waals surface area contributed by atoms with Crippen molar-refractivity contribution in [2.45, 2.75) is 19.6 Å². The topological polar surface area (TPSA) is 75.6 Å². The van der Waals surface area contributed by atoms with Crippen LogP contribution in [-0.4, -0.2) is 24.1 Å². The second-order valence-corrected chi connectivity index (χ2v) is 7.24. The second kappa shape index (κ2) is 9.32. The fraction of sp³-hybridized carbons (Fsp3) is 0.167. The second-order valence-electron chi connectivity index (χ2n) is 7.24. The van der Waals surface area contributed by atoms with Crippen molar-refractivity contribution in [3.05, 3.63) is 88.2 Å². The van der Waals surface area contributed by atoms with Crippen molar-refractivity contribution in [3.63, 3.8) is 0 Å². The van der Waals surface area contributed by atoms with Gasteiger partial charge in [-0.25, -0.2) is 9.18 Å². The number of hydrogen-bond donors (Lipinski definition) is 2. The van der Waals surface area contributed by atoms with Gasteiger partial charge in [0, 0.05) is 12.1 Å². The van der Waals surface area contributed by atoms with Gasteiger partial charge in [0.25, 0.3) is 5.91 Å². The average Bonchev–Trinajstić information content (AvgIpc) is 2.76. The van der Waals surface area contributed by atoms with Crippen molar-refractivity contribution < 1.29 is 37.0 Å². The minimum absolute atomic E-state index is 0.103. The standard InChI is InChI=1S/C24H19F4NO4/c1-13-3-4-15(10-19(13)23(31)32)14-5-8-21(33-2)16(9-14)12-29-22(30)18-7-6-17(11-20(18)25)24(26,27)28/h3-11H,12H2,1-2H3,(H,29,30)(H,31,32). The lowest BCUT2D eigenvalue weighted by atomic mass is 9.98. The van der Waals surface area contributed by atoms with Gasteiger partial charge in [0.15, 0.2) is 0 Å². The zero-order chi connectivity index (χ0) is 24.3. The normalized spacial score (nSPS) is 11.2. The molecule has 5 nitrogen and oxygen atoms in total. The summed E-state index contributed by atoms with van der Waals surface area (Å²) in [6.07, 6.45) is -4.72. The zero-order valence-electron chi connectivity index (χ0n) is 17.6. The first kappa shape index (κ1) is 23.8. The van der Waals surface area contributed by atoms with Gasteiger partial charge < -0.3 is 15.2 Å². The van der Waals surface area contributed by atoms with Crippen LogP contribution in [0.3, 0.4) is 0 Å². The van der Waals surface area contributed by atoms with Gasteiger partial charge in [-0.2, -0.15) is 13.2 Å². The van der Waals surface area contributed by atoms with E-state index in [0.29, 0.717) is 34.1 Å². The third kappa shape index (κ3) is 5.31. The Labute approximate surface area is 186 Å². The summed E-state index contributed by atoms with van der Waals surface area (Å²) in [4.78, 5) is 23.8. The Morgan fingerprint density at radius 2 is 1.64 bits per heavy atom. The van der Waals surface area contributed by atoms with E-state index in [1.807, 2.05) is 0 Å². The molecule has 0 aliphatic rings. The van der Waals surface area contributed by atoms with Crippen LogP contribution >= 0.6 is 0 Å². The van der Waals surface area contributed by atoms with Crippen LogP contribution in [0.25, 0.3) is 11.1 Å². The maximum absolute atomic E-state index is 14.1. The van der Waals surface area contributed by atoms with Crippen LogP contribution in [-0.2, 0) is 12.7 Å². The van der Waals surface area contributed by atoms with Crippen molar-refractivity contribution in [2.24, 2.45) is 0 Å². The molecule has 1 amide bonds. The number of benzene rings is 3. The maximum atomic E-state index is 14.1. The quantitative estimate of drug-likeness (QED) is 0.479. The van der Waals surface area contributed by atoms with E-state index in [1.54, 1.807) is 37.3 Å². The molecule has 3 rings (SSSR count). The van der Waals surface area contributed by atoms with Gasteiger partial charge in [-0.05, 0) is 60.0 Å². The number of amides is 1. The molecule has 0 atom stereocenters. The predicted octanol–water partition coefficient (Wildman–Crippen LogP) is 5.46. The number of hydrogen-bond acceptors (Lipinski definition) is 3.